The van der Waals surface area contributed by atoms with Gasteiger partial charge in [-0.2, -0.15) is 0 Å². The fourth-order valence-corrected chi connectivity index (χ4v) is 5.90. The van der Waals surface area contributed by atoms with Crippen molar-refractivity contribution in [3.05, 3.63) is 23.8 Å². The van der Waals surface area contributed by atoms with Gasteiger partial charge in [-0.3, -0.25) is 4.79 Å². The van der Waals surface area contributed by atoms with Crippen LogP contribution in [0.15, 0.2) is 23.1 Å². The highest BCUT2D eigenvalue weighted by molar-refractivity contribution is 7.89. The van der Waals surface area contributed by atoms with Crippen molar-refractivity contribution in [2.45, 2.75) is 50.0 Å². The number of sulfonamides is 1. The lowest BCUT2D eigenvalue weighted by Crippen LogP contribution is -2.38. The smallest absolute Gasteiger partial charge is 0.240 e. The Hall–Kier alpha value is -1.40. The van der Waals surface area contributed by atoms with Gasteiger partial charge in [-0.05, 0) is 61.3 Å². The first kappa shape index (κ1) is 15.1. The van der Waals surface area contributed by atoms with Crippen molar-refractivity contribution in [3.63, 3.8) is 0 Å². The van der Waals surface area contributed by atoms with Crippen LogP contribution >= 0.6 is 0 Å². The molecular weight excluding hydrogens is 312 g/mol. The van der Waals surface area contributed by atoms with Crippen LogP contribution in [0, 0.1) is 11.8 Å². The molecule has 1 aromatic carbocycles. The Balaban J connectivity index is 1.57. The number of carbonyl (C=O) groups is 1. The molecule has 2 fully saturated rings. The first-order valence-electron chi connectivity index (χ1n) is 8.37. The number of fused-ring (bicyclic) bond motifs is 3. The maximum absolute atomic E-state index is 12.7. The van der Waals surface area contributed by atoms with E-state index in [1.807, 2.05) is 0 Å². The third-order valence-corrected chi connectivity index (χ3v) is 7.17. The number of hydrogen-bond donors (Lipinski definition) is 1. The molecule has 2 aliphatic carbocycles. The van der Waals surface area contributed by atoms with Gasteiger partial charge in [0.2, 0.25) is 15.9 Å². The fourth-order valence-electron chi connectivity index (χ4n) is 4.53. The standard InChI is InChI=1S/C17H22N2O3S/c1-11(20)19-7-6-14-10-15(4-5-17(14)19)23(21,22)18-16-9-12-2-3-13(16)8-12/h4-5,10,12-13,16,18H,2-3,6-9H2,1H3/t12-,13-,16-/m1/s1. The van der Waals surface area contributed by atoms with E-state index in [0.717, 1.165) is 24.1 Å². The lowest BCUT2D eigenvalue weighted by atomic mass is 9.96. The number of carbonyl (C=O) groups excluding carboxylic acids is 1. The molecule has 4 rings (SSSR count). The van der Waals surface area contributed by atoms with Gasteiger partial charge in [-0.1, -0.05) is 6.42 Å². The normalized spacial score (nSPS) is 29.1. The van der Waals surface area contributed by atoms with Gasteiger partial charge in [-0.25, -0.2) is 13.1 Å². The molecule has 0 spiro atoms. The quantitative estimate of drug-likeness (QED) is 0.920. The summed E-state index contributed by atoms with van der Waals surface area (Å²) in [5.74, 6) is 1.22. The molecule has 3 atom stereocenters. The van der Waals surface area contributed by atoms with Gasteiger partial charge in [-0.15, -0.1) is 0 Å². The van der Waals surface area contributed by atoms with Crippen molar-refractivity contribution >= 4 is 21.6 Å². The Labute approximate surface area is 137 Å². The Kier molecular flexibility index (Phi) is 3.50. The van der Waals surface area contributed by atoms with Crippen LogP contribution in [-0.2, 0) is 21.2 Å². The summed E-state index contributed by atoms with van der Waals surface area (Å²) in [7, 11) is -3.48. The van der Waals surface area contributed by atoms with E-state index in [2.05, 4.69) is 4.72 Å². The van der Waals surface area contributed by atoms with Crippen LogP contribution in [0.3, 0.4) is 0 Å². The molecule has 2 saturated carbocycles. The molecule has 0 saturated heterocycles. The molecule has 5 nitrogen and oxygen atoms in total. The predicted octanol–water partition coefficient (Wildman–Crippen LogP) is 2.06. The monoisotopic (exact) mass is 334 g/mol. The van der Waals surface area contributed by atoms with E-state index in [9.17, 15) is 13.2 Å². The van der Waals surface area contributed by atoms with Crippen LogP contribution in [0.25, 0.3) is 0 Å². The molecule has 3 aliphatic rings. The number of benzene rings is 1. The van der Waals surface area contributed by atoms with Crippen molar-refractivity contribution < 1.29 is 13.2 Å². The van der Waals surface area contributed by atoms with Crippen molar-refractivity contribution in [1.29, 1.82) is 0 Å². The first-order chi connectivity index (χ1) is 10.9. The highest BCUT2D eigenvalue weighted by Gasteiger charge is 2.41. The van der Waals surface area contributed by atoms with E-state index < -0.39 is 10.0 Å². The summed E-state index contributed by atoms with van der Waals surface area (Å²) in [6.07, 6.45) is 5.27. The molecule has 1 amide bonds. The third-order valence-electron chi connectivity index (χ3n) is 5.68. The molecule has 1 N–H and O–H groups in total. The summed E-state index contributed by atoms with van der Waals surface area (Å²) in [6.45, 7) is 2.17. The van der Waals surface area contributed by atoms with Crippen LogP contribution < -0.4 is 9.62 Å². The van der Waals surface area contributed by atoms with Crippen LogP contribution in [0.4, 0.5) is 5.69 Å². The van der Waals surface area contributed by atoms with E-state index >= 15 is 0 Å². The molecule has 6 heteroatoms. The van der Waals surface area contributed by atoms with Gasteiger partial charge in [0.25, 0.3) is 0 Å². The molecule has 0 radical (unpaired) electrons. The van der Waals surface area contributed by atoms with Crippen molar-refractivity contribution in [2.24, 2.45) is 11.8 Å². The Morgan fingerprint density at radius 3 is 2.74 bits per heavy atom. The zero-order chi connectivity index (χ0) is 16.2. The molecule has 2 bridgehead atoms. The molecule has 1 aliphatic heterocycles. The molecule has 0 unspecified atom stereocenters. The molecule has 1 aromatic rings. The minimum Gasteiger partial charge on any atom is -0.312 e. The van der Waals surface area contributed by atoms with Crippen molar-refractivity contribution in [3.8, 4) is 0 Å². The summed E-state index contributed by atoms with van der Waals surface area (Å²) in [6, 6.07) is 5.21. The van der Waals surface area contributed by atoms with Crippen LogP contribution in [0.2, 0.25) is 0 Å². The molecule has 23 heavy (non-hydrogen) atoms. The number of nitrogens with one attached hydrogen (secondary N) is 1. The summed E-state index contributed by atoms with van der Waals surface area (Å²) in [5.41, 5.74) is 1.78. The number of rotatable bonds is 3. The predicted molar refractivity (Wildman–Crippen MR) is 87.7 cm³/mol. The highest BCUT2D eigenvalue weighted by Crippen LogP contribution is 2.45. The average molecular weight is 334 g/mol. The molecule has 124 valence electrons. The zero-order valence-corrected chi connectivity index (χ0v) is 14.1. The summed E-state index contributed by atoms with van der Waals surface area (Å²) < 4.78 is 28.3. The molecular formula is C17H22N2O3S. The maximum Gasteiger partial charge on any atom is 0.240 e. The van der Waals surface area contributed by atoms with Crippen LogP contribution in [-0.4, -0.2) is 26.9 Å². The second-order valence-corrected chi connectivity index (χ2v) is 8.83. The first-order valence-corrected chi connectivity index (χ1v) is 9.86. The molecule has 0 aromatic heterocycles. The number of hydrogen-bond acceptors (Lipinski definition) is 3. The van der Waals surface area contributed by atoms with Gasteiger partial charge < -0.3 is 4.90 Å². The largest absolute Gasteiger partial charge is 0.312 e. The SMILES string of the molecule is CC(=O)N1CCc2cc(S(=O)(=O)N[C@@H]3C[C@@H]4CC[C@@H]3C4)ccc21. The second kappa shape index (κ2) is 5.31. The van der Waals surface area contributed by atoms with Crippen molar-refractivity contribution in [2.75, 3.05) is 11.4 Å². The van der Waals surface area contributed by atoms with E-state index in [0.29, 0.717) is 29.7 Å². The van der Waals surface area contributed by atoms with Gasteiger partial charge in [0, 0.05) is 25.2 Å². The summed E-state index contributed by atoms with van der Waals surface area (Å²) in [5, 5.41) is 0. The fraction of sp³-hybridized carbons (Fsp3) is 0.588. The van der Waals surface area contributed by atoms with Crippen LogP contribution in [0.1, 0.15) is 38.2 Å². The summed E-state index contributed by atoms with van der Waals surface area (Å²) in [4.78, 5) is 13.6. The van der Waals surface area contributed by atoms with Crippen molar-refractivity contribution in [1.82, 2.24) is 4.72 Å². The lowest BCUT2D eigenvalue weighted by Gasteiger charge is -2.23. The van der Waals surface area contributed by atoms with Gasteiger partial charge in [0.15, 0.2) is 0 Å². The minimum atomic E-state index is -3.48. The average Bonchev–Trinajstić information content (AvgIpc) is 3.20. The van der Waals surface area contributed by atoms with Gasteiger partial charge in [0.1, 0.15) is 0 Å². The summed E-state index contributed by atoms with van der Waals surface area (Å²) >= 11 is 0. The Morgan fingerprint density at radius 1 is 1.26 bits per heavy atom. The Bertz CT molecular complexity index is 759. The maximum atomic E-state index is 12.7. The number of amides is 1. The van der Waals surface area contributed by atoms with E-state index in [1.54, 1.807) is 23.1 Å². The molecule has 1 heterocycles. The zero-order valence-electron chi connectivity index (χ0n) is 13.3. The Morgan fingerprint density at radius 2 is 2.09 bits per heavy atom. The van der Waals surface area contributed by atoms with Crippen LogP contribution in [0.5, 0.6) is 0 Å². The highest BCUT2D eigenvalue weighted by atomic mass is 32.2. The van der Waals surface area contributed by atoms with Gasteiger partial charge in [0.05, 0.1) is 4.90 Å². The second-order valence-electron chi connectivity index (χ2n) is 7.11. The number of nitrogens with zero attached hydrogens (tertiary/aromatic N) is 1. The minimum absolute atomic E-state index is 0.000497. The van der Waals surface area contributed by atoms with E-state index in [4.69, 9.17) is 0 Å². The lowest BCUT2D eigenvalue weighted by molar-refractivity contribution is -0.116. The van der Waals surface area contributed by atoms with E-state index in [1.165, 1.54) is 19.8 Å². The van der Waals surface area contributed by atoms with Gasteiger partial charge >= 0.3 is 0 Å². The third kappa shape index (κ3) is 2.58. The number of anilines is 1. The van der Waals surface area contributed by atoms with E-state index in [-0.39, 0.29) is 11.9 Å². The topological polar surface area (TPSA) is 66.5 Å².